The molecule has 8 nitrogen and oxygen atoms in total. The normalized spacial score (nSPS) is 12.6. The summed E-state index contributed by atoms with van der Waals surface area (Å²) in [5.74, 6) is 0.323. The first-order valence-electron chi connectivity index (χ1n) is 7.84. The summed E-state index contributed by atoms with van der Waals surface area (Å²) in [6.45, 7) is 5.12. The quantitative estimate of drug-likeness (QED) is 0.800. The van der Waals surface area contributed by atoms with Crippen LogP contribution in [-0.2, 0) is 14.8 Å². The number of carbonyl (C=O) groups is 1. The maximum atomic E-state index is 12.4. The summed E-state index contributed by atoms with van der Waals surface area (Å²) < 4.78 is 30.3. The second-order valence-corrected chi connectivity index (χ2v) is 7.72. The molecule has 0 aliphatic rings. The minimum Gasteiger partial charge on any atom is -0.343 e. The highest BCUT2D eigenvalue weighted by Gasteiger charge is 2.24. The fourth-order valence-corrected chi connectivity index (χ4v) is 3.13. The lowest BCUT2D eigenvalue weighted by Crippen LogP contribution is -2.41. The number of nitrogens with one attached hydrogen (secondary N) is 1. The van der Waals surface area contributed by atoms with Gasteiger partial charge in [0, 0.05) is 0 Å². The van der Waals surface area contributed by atoms with Crippen molar-refractivity contribution in [3.63, 3.8) is 0 Å². The average Bonchev–Trinajstić information content (AvgIpc) is 2.96. The van der Waals surface area contributed by atoms with Crippen molar-refractivity contribution in [3.05, 3.63) is 41.5 Å². The number of aryl methyl sites for hydroxylation is 2. The highest BCUT2D eigenvalue weighted by Crippen LogP contribution is 2.19. The average molecular weight is 366 g/mol. The molecule has 25 heavy (non-hydrogen) atoms. The summed E-state index contributed by atoms with van der Waals surface area (Å²) in [5, 5.41) is 6.44. The van der Waals surface area contributed by atoms with Gasteiger partial charge in [0.1, 0.15) is 12.6 Å². The van der Waals surface area contributed by atoms with E-state index in [2.05, 4.69) is 15.5 Å². The lowest BCUT2D eigenvalue weighted by molar-refractivity contribution is -0.120. The van der Waals surface area contributed by atoms with Crippen LogP contribution in [0.2, 0.25) is 0 Å². The van der Waals surface area contributed by atoms with E-state index >= 15 is 0 Å². The van der Waals surface area contributed by atoms with Crippen LogP contribution in [0.3, 0.4) is 0 Å². The summed E-state index contributed by atoms with van der Waals surface area (Å²) in [6.07, 6.45) is 1.61. The molecule has 9 heteroatoms. The van der Waals surface area contributed by atoms with Crippen LogP contribution >= 0.6 is 0 Å². The fraction of sp³-hybridized carbons (Fsp3) is 0.438. The third-order valence-corrected chi connectivity index (χ3v) is 4.73. The van der Waals surface area contributed by atoms with Crippen LogP contribution in [0.15, 0.2) is 28.8 Å². The second kappa shape index (κ2) is 7.64. The summed E-state index contributed by atoms with van der Waals surface area (Å²) in [4.78, 5) is 16.5. The van der Waals surface area contributed by atoms with Gasteiger partial charge in [-0.2, -0.15) is 4.98 Å². The third-order valence-electron chi connectivity index (χ3n) is 3.59. The number of nitrogens with zero attached hydrogens (tertiary/aromatic N) is 3. The van der Waals surface area contributed by atoms with Gasteiger partial charge in [-0.25, -0.2) is 8.42 Å². The highest BCUT2D eigenvalue weighted by atomic mass is 32.2. The summed E-state index contributed by atoms with van der Waals surface area (Å²) in [7, 11) is -3.61. The molecule has 1 atom stereocenters. The van der Waals surface area contributed by atoms with Crippen molar-refractivity contribution in [2.75, 3.05) is 17.1 Å². The predicted octanol–water partition coefficient (Wildman–Crippen LogP) is 1.72. The molecule has 0 aliphatic heterocycles. The van der Waals surface area contributed by atoms with E-state index in [0.29, 0.717) is 23.8 Å². The van der Waals surface area contributed by atoms with Crippen LogP contribution in [0.25, 0.3) is 0 Å². The molecule has 0 saturated heterocycles. The first-order chi connectivity index (χ1) is 11.7. The number of rotatable bonds is 7. The minimum atomic E-state index is -3.61. The Hall–Kier alpha value is -2.42. The number of amides is 1. The molecule has 1 aromatic carbocycles. The Morgan fingerprint density at radius 2 is 1.92 bits per heavy atom. The molecule has 1 N–H and O–H groups in total. The minimum absolute atomic E-state index is 0.301. The van der Waals surface area contributed by atoms with Crippen molar-refractivity contribution in [2.45, 2.75) is 33.2 Å². The molecule has 1 unspecified atom stereocenters. The Labute approximate surface area is 147 Å². The lowest BCUT2D eigenvalue weighted by atomic mass is 10.2. The number of hydrogen-bond acceptors (Lipinski definition) is 6. The van der Waals surface area contributed by atoms with Crippen LogP contribution in [0.1, 0.15) is 36.7 Å². The molecule has 1 heterocycles. The van der Waals surface area contributed by atoms with Gasteiger partial charge in [0.2, 0.25) is 21.8 Å². The number of benzene rings is 1. The molecular formula is C16H22N4O4S. The van der Waals surface area contributed by atoms with Crippen molar-refractivity contribution in [1.29, 1.82) is 0 Å². The number of sulfonamides is 1. The maximum Gasteiger partial charge on any atom is 0.249 e. The molecule has 0 radical (unpaired) electrons. The zero-order valence-corrected chi connectivity index (χ0v) is 15.5. The molecule has 0 saturated carbocycles. The van der Waals surface area contributed by atoms with E-state index in [4.69, 9.17) is 4.52 Å². The first-order valence-corrected chi connectivity index (χ1v) is 9.69. The molecule has 1 aromatic heterocycles. The fourth-order valence-electron chi connectivity index (χ4n) is 2.27. The number of aromatic nitrogens is 2. The molecule has 2 rings (SSSR count). The third kappa shape index (κ3) is 5.02. The maximum absolute atomic E-state index is 12.4. The largest absolute Gasteiger partial charge is 0.343 e. The highest BCUT2D eigenvalue weighted by molar-refractivity contribution is 7.92. The SMILES string of the molecule is CCC(NC(=O)CN(c1ccc(C)cc1)S(C)(=O)=O)c1nc(C)no1. The van der Waals surface area contributed by atoms with Crippen molar-refractivity contribution in [1.82, 2.24) is 15.5 Å². The lowest BCUT2D eigenvalue weighted by Gasteiger charge is -2.23. The Bertz CT molecular complexity index is 830. The number of hydrogen-bond donors (Lipinski definition) is 1. The summed E-state index contributed by atoms with van der Waals surface area (Å²) in [5.41, 5.74) is 1.43. The van der Waals surface area contributed by atoms with Gasteiger partial charge in [0.25, 0.3) is 0 Å². The predicted molar refractivity (Wildman–Crippen MR) is 93.6 cm³/mol. The smallest absolute Gasteiger partial charge is 0.249 e. The van der Waals surface area contributed by atoms with Gasteiger partial charge in [-0.05, 0) is 32.4 Å². The van der Waals surface area contributed by atoms with E-state index in [1.165, 1.54) is 0 Å². The van der Waals surface area contributed by atoms with Crippen LogP contribution in [-0.4, -0.2) is 37.3 Å². The van der Waals surface area contributed by atoms with Gasteiger partial charge in [-0.1, -0.05) is 29.8 Å². The Balaban J connectivity index is 2.15. The van der Waals surface area contributed by atoms with Crippen LogP contribution in [0.4, 0.5) is 5.69 Å². The molecule has 0 aliphatic carbocycles. The van der Waals surface area contributed by atoms with E-state index in [1.807, 2.05) is 13.8 Å². The second-order valence-electron chi connectivity index (χ2n) is 5.81. The Morgan fingerprint density at radius 3 is 2.40 bits per heavy atom. The molecule has 0 bridgehead atoms. The van der Waals surface area contributed by atoms with Crippen LogP contribution in [0.5, 0.6) is 0 Å². The number of anilines is 1. The molecule has 1 amide bonds. The van der Waals surface area contributed by atoms with Gasteiger partial charge >= 0.3 is 0 Å². The van der Waals surface area contributed by atoms with Gasteiger partial charge in [-0.3, -0.25) is 9.10 Å². The number of carbonyl (C=O) groups excluding carboxylic acids is 1. The van der Waals surface area contributed by atoms with Gasteiger partial charge in [0.05, 0.1) is 11.9 Å². The molecule has 0 fully saturated rings. The van der Waals surface area contributed by atoms with E-state index in [1.54, 1.807) is 31.2 Å². The van der Waals surface area contributed by atoms with Gasteiger partial charge in [0.15, 0.2) is 5.82 Å². The van der Waals surface area contributed by atoms with Crippen molar-refractivity contribution >= 4 is 21.6 Å². The molecule has 0 spiro atoms. The standard InChI is InChI=1S/C16H22N4O4S/c1-5-14(16-17-12(3)19-24-16)18-15(21)10-20(25(4,22)23)13-8-6-11(2)7-9-13/h6-9,14H,5,10H2,1-4H3,(H,18,21). The van der Waals surface area contributed by atoms with Crippen molar-refractivity contribution in [2.24, 2.45) is 0 Å². The van der Waals surface area contributed by atoms with E-state index in [-0.39, 0.29) is 6.54 Å². The van der Waals surface area contributed by atoms with E-state index in [0.717, 1.165) is 16.1 Å². The van der Waals surface area contributed by atoms with E-state index in [9.17, 15) is 13.2 Å². The van der Waals surface area contributed by atoms with Gasteiger partial charge in [-0.15, -0.1) is 0 Å². The molecule has 2 aromatic rings. The van der Waals surface area contributed by atoms with Crippen molar-refractivity contribution < 1.29 is 17.7 Å². The zero-order chi connectivity index (χ0) is 18.6. The Kier molecular flexibility index (Phi) is 5.78. The van der Waals surface area contributed by atoms with Crippen LogP contribution < -0.4 is 9.62 Å². The molecule has 136 valence electrons. The topological polar surface area (TPSA) is 105 Å². The van der Waals surface area contributed by atoms with Crippen molar-refractivity contribution in [3.8, 4) is 0 Å². The Morgan fingerprint density at radius 1 is 1.28 bits per heavy atom. The summed E-state index contributed by atoms with van der Waals surface area (Å²) in [6, 6.07) is 6.46. The molecular weight excluding hydrogens is 344 g/mol. The summed E-state index contributed by atoms with van der Waals surface area (Å²) >= 11 is 0. The van der Waals surface area contributed by atoms with Gasteiger partial charge < -0.3 is 9.84 Å². The van der Waals surface area contributed by atoms with Crippen LogP contribution in [0, 0.1) is 13.8 Å². The zero-order valence-electron chi connectivity index (χ0n) is 14.7. The first kappa shape index (κ1) is 18.9. The van der Waals surface area contributed by atoms with E-state index < -0.39 is 22.0 Å². The monoisotopic (exact) mass is 366 g/mol.